The quantitative estimate of drug-likeness (QED) is 0.371. The Bertz CT molecular complexity index is 1380. The van der Waals surface area contributed by atoms with Crippen LogP contribution in [-0.4, -0.2) is 15.9 Å². The van der Waals surface area contributed by atoms with Crippen molar-refractivity contribution in [3.63, 3.8) is 0 Å². The number of halogens is 2. The Morgan fingerprint density at radius 2 is 1.79 bits per heavy atom. The molecule has 4 aromatic rings. The first kappa shape index (κ1) is 22.6. The van der Waals surface area contributed by atoms with Gasteiger partial charge >= 0.3 is 6.03 Å². The number of aromatic nitrogens is 1. The predicted molar refractivity (Wildman–Crippen MR) is 130 cm³/mol. The van der Waals surface area contributed by atoms with Crippen molar-refractivity contribution in [2.45, 2.75) is 26.9 Å². The maximum atomic E-state index is 13.4. The van der Waals surface area contributed by atoms with Gasteiger partial charge in [0.15, 0.2) is 0 Å². The maximum absolute atomic E-state index is 13.4. The number of aryl methyl sites for hydroxylation is 2. The van der Waals surface area contributed by atoms with Crippen molar-refractivity contribution in [2.24, 2.45) is 0 Å². The molecule has 5 nitrogen and oxygen atoms in total. The Hall–Kier alpha value is -3.64. The molecule has 0 saturated carbocycles. The summed E-state index contributed by atoms with van der Waals surface area (Å²) in [5.41, 5.74) is 4.36. The van der Waals surface area contributed by atoms with Gasteiger partial charge in [-0.1, -0.05) is 41.9 Å². The van der Waals surface area contributed by atoms with Crippen LogP contribution < -0.4 is 10.9 Å². The van der Waals surface area contributed by atoms with Crippen molar-refractivity contribution in [3.05, 3.63) is 110 Å². The first-order valence-corrected chi connectivity index (χ1v) is 10.9. The van der Waals surface area contributed by atoms with Crippen LogP contribution in [0, 0.1) is 19.7 Å². The molecule has 0 bridgehead atoms. The number of urea groups is 1. The van der Waals surface area contributed by atoms with Crippen LogP contribution in [0.5, 0.6) is 0 Å². The van der Waals surface area contributed by atoms with E-state index in [0.717, 1.165) is 27.6 Å². The van der Waals surface area contributed by atoms with Crippen LogP contribution in [-0.2, 0) is 13.1 Å². The van der Waals surface area contributed by atoms with Crippen LogP contribution >= 0.6 is 11.6 Å². The third-order valence-corrected chi connectivity index (χ3v) is 5.87. The molecule has 0 aliphatic carbocycles. The molecule has 33 heavy (non-hydrogen) atoms. The Kier molecular flexibility index (Phi) is 6.47. The largest absolute Gasteiger partial charge is 0.322 e. The number of pyridine rings is 1. The first-order valence-electron chi connectivity index (χ1n) is 10.5. The number of anilines is 1. The fourth-order valence-electron chi connectivity index (χ4n) is 3.67. The third kappa shape index (κ3) is 5.23. The van der Waals surface area contributed by atoms with Gasteiger partial charge in [0.05, 0.1) is 12.1 Å². The van der Waals surface area contributed by atoms with Crippen LogP contribution in [0.3, 0.4) is 0 Å². The molecule has 4 rings (SSSR count). The molecule has 168 valence electrons. The zero-order valence-corrected chi connectivity index (χ0v) is 19.0. The van der Waals surface area contributed by atoms with Crippen LogP contribution in [0.2, 0.25) is 5.02 Å². The molecule has 0 radical (unpaired) electrons. The number of nitrogens with one attached hydrogen (secondary N) is 2. The smallest absolute Gasteiger partial charge is 0.321 e. The minimum Gasteiger partial charge on any atom is -0.321 e. The van der Waals surface area contributed by atoms with E-state index in [1.165, 1.54) is 17.0 Å². The number of H-pyrrole nitrogens is 1. The molecule has 1 heterocycles. The summed E-state index contributed by atoms with van der Waals surface area (Å²) in [6, 6.07) is 18.1. The Labute approximate surface area is 195 Å². The van der Waals surface area contributed by atoms with Gasteiger partial charge in [0, 0.05) is 22.8 Å². The summed E-state index contributed by atoms with van der Waals surface area (Å²) < 4.78 is 13.4. The summed E-state index contributed by atoms with van der Waals surface area (Å²) in [5, 5.41) is 4.21. The SMILES string of the molecule is Cc1ccc2cc(CN(Cc3ccc(F)cc3)C(=O)Nc3cccc(Cl)c3)c(=O)[nH]c2c1C. The molecule has 0 saturated heterocycles. The fourth-order valence-corrected chi connectivity index (χ4v) is 3.86. The average Bonchev–Trinajstić information content (AvgIpc) is 2.78. The third-order valence-electron chi connectivity index (χ3n) is 5.64. The lowest BCUT2D eigenvalue weighted by atomic mass is 10.0. The van der Waals surface area contributed by atoms with E-state index in [9.17, 15) is 14.0 Å². The molecule has 2 amide bonds. The number of aromatic amines is 1. The zero-order valence-electron chi connectivity index (χ0n) is 18.3. The molecular weight excluding hydrogens is 441 g/mol. The summed E-state index contributed by atoms with van der Waals surface area (Å²) in [4.78, 5) is 30.5. The lowest BCUT2D eigenvalue weighted by molar-refractivity contribution is 0.206. The number of nitrogens with zero attached hydrogens (tertiary/aromatic N) is 1. The predicted octanol–water partition coefficient (Wildman–Crippen LogP) is 6.17. The van der Waals surface area contributed by atoms with Crippen molar-refractivity contribution in [1.82, 2.24) is 9.88 Å². The topological polar surface area (TPSA) is 65.2 Å². The zero-order chi connectivity index (χ0) is 23.5. The Morgan fingerprint density at radius 1 is 1.03 bits per heavy atom. The minimum atomic E-state index is -0.402. The average molecular weight is 464 g/mol. The summed E-state index contributed by atoms with van der Waals surface area (Å²) in [6.07, 6.45) is 0. The van der Waals surface area contributed by atoms with Gasteiger partial charge in [-0.05, 0) is 72.3 Å². The Balaban J connectivity index is 1.67. The van der Waals surface area contributed by atoms with E-state index >= 15 is 0 Å². The van der Waals surface area contributed by atoms with Gasteiger partial charge in [-0.25, -0.2) is 9.18 Å². The van der Waals surface area contributed by atoms with Crippen molar-refractivity contribution in [1.29, 1.82) is 0 Å². The summed E-state index contributed by atoms with van der Waals surface area (Å²) in [5.74, 6) is -0.356. The number of fused-ring (bicyclic) bond motifs is 1. The van der Waals surface area contributed by atoms with Crippen molar-refractivity contribution in [3.8, 4) is 0 Å². The van der Waals surface area contributed by atoms with E-state index in [4.69, 9.17) is 11.6 Å². The highest BCUT2D eigenvalue weighted by Gasteiger charge is 2.18. The molecule has 1 aromatic heterocycles. The van der Waals surface area contributed by atoms with Crippen molar-refractivity contribution < 1.29 is 9.18 Å². The molecule has 0 aliphatic rings. The van der Waals surface area contributed by atoms with Gasteiger partial charge < -0.3 is 15.2 Å². The van der Waals surface area contributed by atoms with E-state index in [1.807, 2.05) is 32.0 Å². The number of carbonyl (C=O) groups excluding carboxylic acids is 1. The summed E-state index contributed by atoms with van der Waals surface area (Å²) in [7, 11) is 0. The first-order chi connectivity index (χ1) is 15.8. The van der Waals surface area contributed by atoms with Crippen LogP contribution in [0.25, 0.3) is 10.9 Å². The van der Waals surface area contributed by atoms with Crippen LogP contribution in [0.4, 0.5) is 14.9 Å². The summed E-state index contributed by atoms with van der Waals surface area (Å²) in [6.45, 7) is 4.22. The van der Waals surface area contributed by atoms with Crippen molar-refractivity contribution in [2.75, 3.05) is 5.32 Å². The number of rotatable bonds is 5. The van der Waals surface area contributed by atoms with Gasteiger partial charge in [0.25, 0.3) is 5.56 Å². The minimum absolute atomic E-state index is 0.0714. The molecular formula is C26H23ClFN3O2. The molecule has 3 aromatic carbocycles. The molecule has 2 N–H and O–H groups in total. The van der Waals surface area contributed by atoms with Crippen LogP contribution in [0.15, 0.2) is 71.5 Å². The van der Waals surface area contributed by atoms with Gasteiger partial charge in [0.1, 0.15) is 5.82 Å². The number of hydrogen-bond donors (Lipinski definition) is 2. The number of amides is 2. The molecule has 0 atom stereocenters. The highest BCUT2D eigenvalue weighted by Crippen LogP contribution is 2.21. The Morgan fingerprint density at radius 3 is 2.52 bits per heavy atom. The van der Waals surface area contributed by atoms with E-state index in [-0.39, 0.29) is 24.5 Å². The standard InChI is InChI=1S/C26H23ClFN3O2/c1-16-6-9-19-12-20(25(32)30-24(19)17(16)2)15-31(14-18-7-10-22(28)11-8-18)26(33)29-23-5-3-4-21(27)13-23/h3-13H,14-15H2,1-2H3,(H,29,33)(H,30,32). The highest BCUT2D eigenvalue weighted by atomic mass is 35.5. The van der Waals surface area contributed by atoms with Gasteiger partial charge in [0.2, 0.25) is 0 Å². The van der Waals surface area contributed by atoms with Crippen molar-refractivity contribution >= 4 is 34.2 Å². The summed E-state index contributed by atoms with van der Waals surface area (Å²) >= 11 is 6.04. The number of hydrogen-bond acceptors (Lipinski definition) is 2. The van der Waals surface area contributed by atoms with E-state index in [0.29, 0.717) is 16.3 Å². The van der Waals surface area contributed by atoms with Gasteiger partial charge in [-0.3, -0.25) is 4.79 Å². The second kappa shape index (κ2) is 9.46. The fraction of sp³-hybridized carbons (Fsp3) is 0.154. The normalized spacial score (nSPS) is 10.9. The van der Waals surface area contributed by atoms with Gasteiger partial charge in [-0.2, -0.15) is 0 Å². The second-order valence-corrected chi connectivity index (χ2v) is 8.45. The second-order valence-electron chi connectivity index (χ2n) is 8.02. The molecule has 7 heteroatoms. The van der Waals surface area contributed by atoms with E-state index in [1.54, 1.807) is 36.4 Å². The van der Waals surface area contributed by atoms with Crippen LogP contribution in [0.1, 0.15) is 22.3 Å². The lowest BCUT2D eigenvalue weighted by Crippen LogP contribution is -2.35. The molecule has 0 spiro atoms. The van der Waals surface area contributed by atoms with Gasteiger partial charge in [-0.15, -0.1) is 0 Å². The molecule has 0 fully saturated rings. The highest BCUT2D eigenvalue weighted by molar-refractivity contribution is 6.30. The molecule has 0 aliphatic heterocycles. The number of benzene rings is 3. The lowest BCUT2D eigenvalue weighted by Gasteiger charge is -2.23. The number of carbonyl (C=O) groups is 1. The maximum Gasteiger partial charge on any atom is 0.322 e. The molecule has 0 unspecified atom stereocenters. The van der Waals surface area contributed by atoms with E-state index < -0.39 is 6.03 Å². The van der Waals surface area contributed by atoms with E-state index in [2.05, 4.69) is 10.3 Å². The monoisotopic (exact) mass is 463 g/mol.